The second-order valence-corrected chi connectivity index (χ2v) is 8.20. The molecule has 2 fully saturated rings. The third kappa shape index (κ3) is 4.39. The first-order valence-electron chi connectivity index (χ1n) is 8.01. The lowest BCUT2D eigenvalue weighted by Crippen LogP contribution is -2.58. The molecule has 0 bridgehead atoms. The van der Waals surface area contributed by atoms with E-state index in [9.17, 15) is 22.0 Å². The van der Waals surface area contributed by atoms with Crippen molar-refractivity contribution in [3.8, 4) is 0 Å². The minimum atomic E-state index is -3.40. The molecule has 0 spiro atoms. The molecule has 0 N–H and O–H groups in total. The summed E-state index contributed by atoms with van der Waals surface area (Å²) in [5.74, 6) is -0.192. The summed E-state index contributed by atoms with van der Waals surface area (Å²) >= 11 is 0. The molecule has 6 nitrogen and oxygen atoms in total. The van der Waals surface area contributed by atoms with Gasteiger partial charge in [0.2, 0.25) is 15.9 Å². The van der Waals surface area contributed by atoms with E-state index in [0.29, 0.717) is 45.4 Å². The van der Waals surface area contributed by atoms with Crippen LogP contribution in [0.4, 0.5) is 8.78 Å². The van der Waals surface area contributed by atoms with Gasteiger partial charge in [0.05, 0.1) is 12.8 Å². The second kappa shape index (κ2) is 7.40. The van der Waals surface area contributed by atoms with Gasteiger partial charge in [-0.15, -0.1) is 0 Å². The number of amides is 1. The lowest BCUT2D eigenvalue weighted by Gasteiger charge is -2.42. The fourth-order valence-electron chi connectivity index (χ4n) is 3.49. The van der Waals surface area contributed by atoms with Crippen molar-refractivity contribution in [2.24, 2.45) is 0 Å². The van der Waals surface area contributed by atoms with E-state index < -0.39 is 22.5 Å². The Balaban J connectivity index is 2.04. The second-order valence-electron chi connectivity index (χ2n) is 6.26. The summed E-state index contributed by atoms with van der Waals surface area (Å²) in [6.07, 6.45) is 0.610. The van der Waals surface area contributed by atoms with E-state index in [1.165, 1.54) is 4.31 Å². The highest BCUT2D eigenvalue weighted by Crippen LogP contribution is 2.24. The Kier molecular flexibility index (Phi) is 5.96. The van der Waals surface area contributed by atoms with Crippen molar-refractivity contribution < 1.29 is 22.0 Å². The third-order valence-corrected chi connectivity index (χ3v) is 5.96. The lowest BCUT2D eigenvalue weighted by atomic mass is 10.1. The summed E-state index contributed by atoms with van der Waals surface area (Å²) in [6.45, 7) is 3.17. The first kappa shape index (κ1) is 18.5. The monoisotopic (exact) mass is 353 g/mol. The van der Waals surface area contributed by atoms with Gasteiger partial charge in [0.15, 0.2) is 0 Å². The highest BCUT2D eigenvalue weighted by Gasteiger charge is 2.40. The maximum absolute atomic E-state index is 12.7. The van der Waals surface area contributed by atoms with Gasteiger partial charge in [0.25, 0.3) is 6.43 Å². The number of alkyl halides is 2. The highest BCUT2D eigenvalue weighted by atomic mass is 32.2. The van der Waals surface area contributed by atoms with Gasteiger partial charge >= 0.3 is 0 Å². The van der Waals surface area contributed by atoms with Crippen molar-refractivity contribution in [3.63, 3.8) is 0 Å². The van der Waals surface area contributed by atoms with Gasteiger partial charge in [-0.2, -0.15) is 4.31 Å². The zero-order valence-electron chi connectivity index (χ0n) is 13.6. The quantitative estimate of drug-likeness (QED) is 0.726. The predicted octanol–water partition coefficient (Wildman–Crippen LogP) is 0.598. The molecule has 0 aromatic heterocycles. The average Bonchev–Trinajstić information content (AvgIpc) is 2.96. The lowest BCUT2D eigenvalue weighted by molar-refractivity contribution is -0.138. The summed E-state index contributed by atoms with van der Waals surface area (Å²) < 4.78 is 50.1. The minimum Gasteiger partial charge on any atom is -0.338 e. The maximum Gasteiger partial charge on any atom is 0.251 e. The van der Waals surface area contributed by atoms with E-state index in [2.05, 4.69) is 0 Å². The van der Waals surface area contributed by atoms with E-state index >= 15 is 0 Å². The van der Waals surface area contributed by atoms with E-state index in [1.807, 2.05) is 6.92 Å². The molecule has 1 amide bonds. The molecule has 2 unspecified atom stereocenters. The van der Waals surface area contributed by atoms with Gasteiger partial charge < -0.3 is 4.90 Å². The Morgan fingerprint density at radius 3 is 2.52 bits per heavy atom. The van der Waals surface area contributed by atoms with Crippen LogP contribution in [0, 0.1) is 0 Å². The van der Waals surface area contributed by atoms with Crippen molar-refractivity contribution in [1.29, 1.82) is 0 Å². The first-order chi connectivity index (χ1) is 10.7. The molecule has 2 saturated heterocycles. The summed E-state index contributed by atoms with van der Waals surface area (Å²) in [5, 5.41) is 0. The van der Waals surface area contributed by atoms with Crippen LogP contribution in [0.2, 0.25) is 0 Å². The van der Waals surface area contributed by atoms with E-state index in [0.717, 1.165) is 6.26 Å². The van der Waals surface area contributed by atoms with Gasteiger partial charge in [-0.05, 0) is 19.3 Å². The maximum atomic E-state index is 12.7. The Morgan fingerprint density at radius 2 is 1.96 bits per heavy atom. The smallest absolute Gasteiger partial charge is 0.251 e. The summed E-state index contributed by atoms with van der Waals surface area (Å²) in [7, 11) is -3.40. The summed E-state index contributed by atoms with van der Waals surface area (Å²) in [5.41, 5.74) is 0. The van der Waals surface area contributed by atoms with Crippen molar-refractivity contribution in [1.82, 2.24) is 14.1 Å². The largest absolute Gasteiger partial charge is 0.338 e. The van der Waals surface area contributed by atoms with Crippen LogP contribution < -0.4 is 0 Å². The van der Waals surface area contributed by atoms with Crippen LogP contribution in [0.15, 0.2) is 0 Å². The molecule has 23 heavy (non-hydrogen) atoms. The fraction of sp³-hybridized carbons (Fsp3) is 0.929. The van der Waals surface area contributed by atoms with Crippen LogP contribution >= 0.6 is 0 Å². The van der Waals surface area contributed by atoms with Gasteiger partial charge in [-0.3, -0.25) is 9.69 Å². The molecule has 0 aromatic rings. The number of sulfonamides is 1. The molecular formula is C14H25F2N3O3S. The Bertz CT molecular complexity index is 529. The van der Waals surface area contributed by atoms with Crippen molar-refractivity contribution in [2.45, 2.75) is 44.7 Å². The van der Waals surface area contributed by atoms with Crippen LogP contribution in [0.1, 0.15) is 26.2 Å². The molecule has 2 atom stereocenters. The molecule has 0 saturated carbocycles. The van der Waals surface area contributed by atoms with Crippen molar-refractivity contribution >= 4 is 15.9 Å². The molecule has 2 heterocycles. The van der Waals surface area contributed by atoms with Crippen molar-refractivity contribution in [2.75, 3.05) is 39.0 Å². The van der Waals surface area contributed by atoms with Crippen LogP contribution in [0.5, 0.6) is 0 Å². The van der Waals surface area contributed by atoms with Gasteiger partial charge in [0, 0.05) is 32.2 Å². The SMILES string of the molecule is CCC1CN(C(=O)C2CCCN2S(C)(=O)=O)CCN1CC(F)F. The number of hydrogen-bond donors (Lipinski definition) is 0. The molecule has 2 rings (SSSR count). The Hall–Kier alpha value is -0.800. The van der Waals surface area contributed by atoms with E-state index in [4.69, 9.17) is 0 Å². The van der Waals surface area contributed by atoms with E-state index in [-0.39, 0.29) is 18.5 Å². The normalized spacial score (nSPS) is 27.8. The molecule has 2 aliphatic rings. The van der Waals surface area contributed by atoms with E-state index in [1.54, 1.807) is 9.80 Å². The number of piperazine rings is 1. The average molecular weight is 353 g/mol. The zero-order chi connectivity index (χ0) is 17.2. The number of rotatable bonds is 5. The van der Waals surface area contributed by atoms with Gasteiger partial charge in [0.1, 0.15) is 6.04 Å². The minimum absolute atomic E-state index is 0.102. The van der Waals surface area contributed by atoms with Gasteiger partial charge in [-0.25, -0.2) is 17.2 Å². The van der Waals surface area contributed by atoms with Crippen LogP contribution in [-0.4, -0.2) is 85.9 Å². The molecule has 2 aliphatic heterocycles. The Labute approximate surface area is 136 Å². The zero-order valence-corrected chi connectivity index (χ0v) is 14.4. The number of nitrogens with zero attached hydrogens (tertiary/aromatic N) is 3. The van der Waals surface area contributed by atoms with Gasteiger partial charge in [-0.1, -0.05) is 6.92 Å². The van der Waals surface area contributed by atoms with Crippen molar-refractivity contribution in [3.05, 3.63) is 0 Å². The number of carbonyl (C=O) groups is 1. The highest BCUT2D eigenvalue weighted by molar-refractivity contribution is 7.88. The van der Waals surface area contributed by atoms with Crippen LogP contribution in [-0.2, 0) is 14.8 Å². The Morgan fingerprint density at radius 1 is 1.26 bits per heavy atom. The number of halogens is 2. The third-order valence-electron chi connectivity index (χ3n) is 4.67. The fourth-order valence-corrected chi connectivity index (χ4v) is 4.61. The predicted molar refractivity (Wildman–Crippen MR) is 82.8 cm³/mol. The summed E-state index contributed by atoms with van der Waals surface area (Å²) in [4.78, 5) is 16.1. The number of hydrogen-bond acceptors (Lipinski definition) is 4. The van der Waals surface area contributed by atoms with Crippen LogP contribution in [0.3, 0.4) is 0 Å². The molecule has 134 valence electrons. The molecule has 0 aromatic carbocycles. The summed E-state index contributed by atoms with van der Waals surface area (Å²) in [6, 6.07) is -0.737. The molecule has 9 heteroatoms. The molecule has 0 aliphatic carbocycles. The first-order valence-corrected chi connectivity index (χ1v) is 9.86. The molecule has 0 radical (unpaired) electrons. The topological polar surface area (TPSA) is 60.9 Å². The number of carbonyl (C=O) groups excluding carboxylic acids is 1. The van der Waals surface area contributed by atoms with Crippen LogP contribution in [0.25, 0.3) is 0 Å². The molecular weight excluding hydrogens is 328 g/mol. The standard InChI is InChI=1S/C14H25F2N3O3S/c1-3-11-9-18(8-7-17(11)10-13(15)16)14(20)12-5-4-6-19(12)23(2,21)22/h11-13H,3-10H2,1-2H3.